The minimum atomic E-state index is -0.459. The number of thioether (sulfide) groups is 1. The molecule has 0 bridgehead atoms. The Hall–Kier alpha value is -2.35. The van der Waals surface area contributed by atoms with Crippen molar-refractivity contribution in [2.24, 2.45) is 5.41 Å². The third-order valence-electron chi connectivity index (χ3n) is 6.58. The van der Waals surface area contributed by atoms with Crippen LogP contribution in [0, 0.1) is 5.41 Å². The molecule has 3 rings (SSSR count). The van der Waals surface area contributed by atoms with Crippen LogP contribution in [0.3, 0.4) is 0 Å². The van der Waals surface area contributed by atoms with E-state index in [4.69, 9.17) is 0 Å². The zero-order chi connectivity index (χ0) is 22.4. The number of hydrogen-bond donors (Lipinski definition) is 1. The normalized spacial score (nSPS) is 18.6. The van der Waals surface area contributed by atoms with Crippen LogP contribution in [-0.4, -0.2) is 78.0 Å². The largest absolute Gasteiger partial charge is 0.347 e. The summed E-state index contributed by atoms with van der Waals surface area (Å²) in [4.78, 5) is 51.9. The van der Waals surface area contributed by atoms with Crippen molar-refractivity contribution in [2.75, 3.05) is 38.2 Å². The minimum Gasteiger partial charge on any atom is -0.347 e. The third kappa shape index (κ3) is 5.47. The molecule has 1 aromatic carbocycles. The Balaban J connectivity index is 1.56. The smallest absolute Gasteiger partial charge is 0.253 e. The third-order valence-corrected chi connectivity index (χ3v) is 7.22. The van der Waals surface area contributed by atoms with Gasteiger partial charge in [-0.1, -0.05) is 12.1 Å². The van der Waals surface area contributed by atoms with Crippen LogP contribution in [0.2, 0.25) is 0 Å². The highest BCUT2D eigenvalue weighted by molar-refractivity contribution is 7.98. The van der Waals surface area contributed by atoms with Crippen molar-refractivity contribution < 1.29 is 19.2 Å². The highest BCUT2D eigenvalue weighted by atomic mass is 32.2. The SMILES string of the molecule is CSCCC(NC=O)C(=O)N1CCC2(CCN(C(=O)c3ccc(C(C)=O)cc3)CC2)C1. The van der Waals surface area contributed by atoms with Crippen LogP contribution in [0.25, 0.3) is 0 Å². The average molecular weight is 446 g/mol. The van der Waals surface area contributed by atoms with Crippen molar-refractivity contribution in [2.45, 2.75) is 38.6 Å². The molecule has 0 aromatic heterocycles. The molecule has 1 aromatic rings. The molecule has 3 amide bonds. The Morgan fingerprint density at radius 2 is 1.65 bits per heavy atom. The molecule has 1 atom stereocenters. The Kier molecular flexibility index (Phi) is 7.75. The first-order chi connectivity index (χ1) is 14.9. The van der Waals surface area contributed by atoms with Gasteiger partial charge in [-0.25, -0.2) is 0 Å². The van der Waals surface area contributed by atoms with Gasteiger partial charge in [-0.3, -0.25) is 19.2 Å². The Morgan fingerprint density at radius 3 is 2.19 bits per heavy atom. The number of Topliss-reactive ketones (excluding diaryl/α,β-unsaturated/α-hetero) is 1. The van der Waals surface area contributed by atoms with Gasteiger partial charge in [-0.15, -0.1) is 0 Å². The molecule has 8 heteroatoms. The number of ketones is 1. The van der Waals surface area contributed by atoms with Crippen LogP contribution in [0.15, 0.2) is 24.3 Å². The standard InChI is InChI=1S/C23H31N3O4S/c1-17(28)18-3-5-19(6-4-18)21(29)25-11-8-23(9-12-25)10-13-26(15-23)22(30)20(24-16-27)7-14-31-2/h3-6,16,20H,7-15H2,1-2H3,(H,24,27). The Labute approximate surface area is 187 Å². The topological polar surface area (TPSA) is 86.8 Å². The molecule has 2 heterocycles. The van der Waals surface area contributed by atoms with E-state index in [1.807, 2.05) is 16.1 Å². The number of hydrogen-bond acceptors (Lipinski definition) is 5. The van der Waals surface area contributed by atoms with Crippen molar-refractivity contribution in [1.82, 2.24) is 15.1 Å². The van der Waals surface area contributed by atoms with E-state index in [0.29, 0.717) is 50.1 Å². The van der Waals surface area contributed by atoms with Crippen LogP contribution >= 0.6 is 11.8 Å². The second kappa shape index (κ2) is 10.3. The highest BCUT2D eigenvalue weighted by Gasteiger charge is 2.43. The summed E-state index contributed by atoms with van der Waals surface area (Å²) in [6.07, 6.45) is 5.90. The number of nitrogens with zero attached hydrogens (tertiary/aromatic N) is 2. The number of amides is 3. The van der Waals surface area contributed by atoms with Crippen LogP contribution in [-0.2, 0) is 9.59 Å². The van der Waals surface area contributed by atoms with E-state index >= 15 is 0 Å². The van der Waals surface area contributed by atoms with E-state index < -0.39 is 6.04 Å². The maximum absolute atomic E-state index is 12.9. The summed E-state index contributed by atoms with van der Waals surface area (Å²) < 4.78 is 0. The molecule has 31 heavy (non-hydrogen) atoms. The molecule has 0 saturated carbocycles. The summed E-state index contributed by atoms with van der Waals surface area (Å²) in [5.41, 5.74) is 1.25. The molecule has 2 aliphatic heterocycles. The molecule has 7 nitrogen and oxygen atoms in total. The van der Waals surface area contributed by atoms with Crippen molar-refractivity contribution >= 4 is 35.8 Å². The van der Waals surface area contributed by atoms with Crippen molar-refractivity contribution in [1.29, 1.82) is 0 Å². The predicted molar refractivity (Wildman–Crippen MR) is 121 cm³/mol. The number of carbonyl (C=O) groups is 4. The maximum atomic E-state index is 12.9. The molecule has 1 spiro atoms. The summed E-state index contributed by atoms with van der Waals surface area (Å²) in [6.45, 7) is 4.24. The maximum Gasteiger partial charge on any atom is 0.253 e. The second-order valence-electron chi connectivity index (χ2n) is 8.55. The van der Waals surface area contributed by atoms with E-state index in [9.17, 15) is 19.2 Å². The van der Waals surface area contributed by atoms with Gasteiger partial charge in [0.15, 0.2) is 5.78 Å². The van der Waals surface area contributed by atoms with Crippen LogP contribution < -0.4 is 5.32 Å². The zero-order valence-corrected chi connectivity index (χ0v) is 19.1. The number of benzene rings is 1. The summed E-state index contributed by atoms with van der Waals surface area (Å²) in [7, 11) is 0. The van der Waals surface area contributed by atoms with Gasteiger partial charge in [-0.2, -0.15) is 11.8 Å². The van der Waals surface area contributed by atoms with Gasteiger partial charge in [0.25, 0.3) is 5.91 Å². The zero-order valence-electron chi connectivity index (χ0n) is 18.3. The van der Waals surface area contributed by atoms with E-state index in [1.54, 1.807) is 36.0 Å². The molecule has 1 N–H and O–H groups in total. The fraction of sp³-hybridized carbons (Fsp3) is 0.565. The molecular weight excluding hydrogens is 414 g/mol. The lowest BCUT2D eigenvalue weighted by atomic mass is 9.77. The molecule has 2 aliphatic rings. The molecular formula is C23H31N3O4S. The van der Waals surface area contributed by atoms with Crippen molar-refractivity contribution in [3.8, 4) is 0 Å². The lowest BCUT2D eigenvalue weighted by Crippen LogP contribution is -2.48. The van der Waals surface area contributed by atoms with Crippen molar-refractivity contribution in [3.05, 3.63) is 35.4 Å². The Morgan fingerprint density at radius 1 is 1.06 bits per heavy atom. The quantitative estimate of drug-likeness (QED) is 0.490. The van der Waals surface area contributed by atoms with E-state index in [2.05, 4.69) is 5.32 Å². The molecule has 1 unspecified atom stereocenters. The fourth-order valence-electron chi connectivity index (χ4n) is 4.56. The van der Waals surface area contributed by atoms with Gasteiger partial charge in [-0.05, 0) is 62.2 Å². The number of piperidine rings is 1. The highest BCUT2D eigenvalue weighted by Crippen LogP contribution is 2.40. The monoisotopic (exact) mass is 445 g/mol. The van der Waals surface area contributed by atoms with Gasteiger partial charge >= 0.3 is 0 Å². The first kappa shape index (κ1) is 23.3. The summed E-state index contributed by atoms with van der Waals surface area (Å²) in [5.74, 6) is 0.796. The van der Waals surface area contributed by atoms with E-state index in [1.165, 1.54) is 6.92 Å². The first-order valence-electron chi connectivity index (χ1n) is 10.8. The molecule has 0 aliphatic carbocycles. The van der Waals surface area contributed by atoms with Crippen LogP contribution in [0.5, 0.6) is 0 Å². The fourth-order valence-corrected chi connectivity index (χ4v) is 5.03. The number of rotatable bonds is 8. The molecule has 2 saturated heterocycles. The second-order valence-corrected chi connectivity index (χ2v) is 9.54. The summed E-state index contributed by atoms with van der Waals surface area (Å²) >= 11 is 1.66. The van der Waals surface area contributed by atoms with Crippen LogP contribution in [0.4, 0.5) is 0 Å². The predicted octanol–water partition coefficient (Wildman–Crippen LogP) is 2.21. The molecule has 2 fully saturated rings. The average Bonchev–Trinajstić information content (AvgIpc) is 3.19. The lowest BCUT2D eigenvalue weighted by Gasteiger charge is -2.39. The number of likely N-dealkylation sites (tertiary alicyclic amines) is 2. The van der Waals surface area contributed by atoms with Gasteiger partial charge < -0.3 is 15.1 Å². The molecule has 0 radical (unpaired) electrons. The minimum absolute atomic E-state index is 0.00194. The number of nitrogens with one attached hydrogen (secondary N) is 1. The van der Waals surface area contributed by atoms with Crippen molar-refractivity contribution in [3.63, 3.8) is 0 Å². The van der Waals surface area contributed by atoms with E-state index in [0.717, 1.165) is 25.0 Å². The Bertz CT molecular complexity index is 819. The number of carbonyl (C=O) groups excluding carboxylic acids is 4. The van der Waals surface area contributed by atoms with Gasteiger partial charge in [0.1, 0.15) is 6.04 Å². The lowest BCUT2D eigenvalue weighted by molar-refractivity contribution is -0.134. The first-order valence-corrected chi connectivity index (χ1v) is 12.2. The van der Waals surface area contributed by atoms with Crippen LogP contribution in [0.1, 0.15) is 53.3 Å². The summed E-state index contributed by atoms with van der Waals surface area (Å²) in [5, 5.41) is 2.68. The van der Waals surface area contributed by atoms with Gasteiger partial charge in [0.2, 0.25) is 12.3 Å². The van der Waals surface area contributed by atoms with Gasteiger partial charge in [0.05, 0.1) is 0 Å². The van der Waals surface area contributed by atoms with E-state index in [-0.39, 0.29) is 23.0 Å². The molecule has 168 valence electrons. The summed E-state index contributed by atoms with van der Waals surface area (Å²) in [6, 6.07) is 6.37. The van der Waals surface area contributed by atoms with Gasteiger partial charge in [0, 0.05) is 37.3 Å².